The molecule has 0 N–H and O–H groups in total. The van der Waals surface area contributed by atoms with E-state index in [2.05, 4.69) is 122 Å². The summed E-state index contributed by atoms with van der Waals surface area (Å²) < 4.78 is 0. The molecule has 0 unspecified atom stereocenters. The van der Waals surface area contributed by atoms with Crippen molar-refractivity contribution in [3.05, 3.63) is 133 Å². The van der Waals surface area contributed by atoms with Crippen molar-refractivity contribution in [1.82, 2.24) is 0 Å². The van der Waals surface area contributed by atoms with Crippen LogP contribution in [0.3, 0.4) is 0 Å². The zero-order chi connectivity index (χ0) is 19.2. The zero-order valence-corrected chi connectivity index (χ0v) is 16.8. The Labute approximate surface area is 168 Å². The lowest BCUT2D eigenvalue weighted by molar-refractivity contribution is 1.38. The summed E-state index contributed by atoms with van der Waals surface area (Å²) in [4.78, 5) is 0. The second-order valence-electron chi connectivity index (χ2n) is 6.92. The molecule has 0 radical (unpaired) electrons. The molecular formula is C27H24P+. The van der Waals surface area contributed by atoms with Gasteiger partial charge in [0.1, 0.15) is 23.2 Å². The monoisotopic (exact) mass is 379 g/mol. The summed E-state index contributed by atoms with van der Waals surface area (Å²) >= 11 is 0. The van der Waals surface area contributed by atoms with Gasteiger partial charge in [-0.05, 0) is 47.5 Å². The van der Waals surface area contributed by atoms with Crippen LogP contribution in [-0.2, 0) is 6.16 Å². The molecule has 1 heteroatoms. The SMILES string of the molecule is C=Cc1ccc(C[P+](c2ccccc2)(c2ccccc2)c2ccccc2)cc1. The first-order valence-corrected chi connectivity index (χ1v) is 11.6. The molecular weight excluding hydrogens is 355 g/mol. The van der Waals surface area contributed by atoms with Crippen LogP contribution in [-0.4, -0.2) is 0 Å². The second kappa shape index (κ2) is 8.38. The molecule has 4 rings (SSSR count). The van der Waals surface area contributed by atoms with Gasteiger partial charge < -0.3 is 0 Å². The van der Waals surface area contributed by atoms with Gasteiger partial charge >= 0.3 is 0 Å². The molecule has 0 heterocycles. The van der Waals surface area contributed by atoms with Gasteiger partial charge in [0.05, 0.1) is 6.16 Å². The lowest BCUT2D eigenvalue weighted by Crippen LogP contribution is -2.32. The van der Waals surface area contributed by atoms with Gasteiger partial charge in [-0.25, -0.2) is 0 Å². The fraction of sp³-hybridized carbons (Fsp3) is 0.0370. The first-order valence-electron chi connectivity index (χ1n) is 9.59. The molecule has 0 atom stereocenters. The van der Waals surface area contributed by atoms with E-state index in [4.69, 9.17) is 0 Å². The predicted molar refractivity (Wildman–Crippen MR) is 125 cm³/mol. The molecule has 0 saturated heterocycles. The summed E-state index contributed by atoms with van der Waals surface area (Å²) in [7, 11) is -1.82. The molecule has 0 aliphatic heterocycles. The van der Waals surface area contributed by atoms with Crippen LogP contribution < -0.4 is 15.9 Å². The third-order valence-electron chi connectivity index (χ3n) is 5.23. The molecule has 0 amide bonds. The molecule has 0 aliphatic rings. The van der Waals surface area contributed by atoms with Gasteiger partial charge in [-0.15, -0.1) is 0 Å². The van der Waals surface area contributed by atoms with Crippen LogP contribution in [0.1, 0.15) is 11.1 Å². The summed E-state index contributed by atoms with van der Waals surface area (Å²) in [6.07, 6.45) is 2.90. The van der Waals surface area contributed by atoms with Crippen molar-refractivity contribution in [2.75, 3.05) is 0 Å². The Bertz CT molecular complexity index is 923. The maximum Gasteiger partial charge on any atom is 0.116 e. The molecule has 136 valence electrons. The highest BCUT2D eigenvalue weighted by Crippen LogP contribution is 2.58. The maximum absolute atomic E-state index is 3.88. The minimum atomic E-state index is -1.82. The molecule has 28 heavy (non-hydrogen) atoms. The standard InChI is InChI=1S/C27H24P/c1-2-23-18-20-24(21-19-23)22-28(25-12-6-3-7-13-25,26-14-8-4-9-15-26)27-16-10-5-11-17-27/h2-21H,1,22H2/q+1. The normalized spacial score (nSPS) is 11.1. The Morgan fingerprint density at radius 1 is 0.536 bits per heavy atom. The molecule has 4 aromatic carbocycles. The quantitative estimate of drug-likeness (QED) is 0.370. The summed E-state index contributed by atoms with van der Waals surface area (Å²) in [6, 6.07) is 41.9. The van der Waals surface area contributed by atoms with Crippen molar-refractivity contribution < 1.29 is 0 Å². The van der Waals surface area contributed by atoms with E-state index in [1.54, 1.807) is 0 Å². The summed E-state index contributed by atoms with van der Waals surface area (Å²) in [5.74, 6) is 0. The topological polar surface area (TPSA) is 0 Å². The van der Waals surface area contributed by atoms with Crippen LogP contribution in [0, 0.1) is 0 Å². The Balaban J connectivity index is 1.96. The number of rotatable bonds is 6. The van der Waals surface area contributed by atoms with Crippen LogP contribution in [0.15, 0.2) is 122 Å². The van der Waals surface area contributed by atoms with E-state index in [-0.39, 0.29) is 0 Å². The van der Waals surface area contributed by atoms with E-state index in [1.165, 1.54) is 21.5 Å². The molecule has 0 nitrogen and oxygen atoms in total. The van der Waals surface area contributed by atoms with E-state index >= 15 is 0 Å². The van der Waals surface area contributed by atoms with Crippen molar-refractivity contribution in [2.45, 2.75) is 6.16 Å². The van der Waals surface area contributed by atoms with Crippen LogP contribution in [0.25, 0.3) is 6.08 Å². The lowest BCUT2D eigenvalue weighted by atomic mass is 10.1. The van der Waals surface area contributed by atoms with Gasteiger partial charge in [-0.3, -0.25) is 0 Å². The van der Waals surface area contributed by atoms with Crippen molar-refractivity contribution in [1.29, 1.82) is 0 Å². The molecule has 4 aromatic rings. The van der Waals surface area contributed by atoms with Crippen LogP contribution >= 0.6 is 7.26 Å². The van der Waals surface area contributed by atoms with Gasteiger partial charge in [0.15, 0.2) is 0 Å². The Morgan fingerprint density at radius 2 is 0.929 bits per heavy atom. The predicted octanol–water partition coefficient (Wildman–Crippen LogP) is 5.82. The average molecular weight is 379 g/mol. The summed E-state index contributed by atoms with van der Waals surface area (Å²) in [6.45, 7) is 3.88. The highest BCUT2D eigenvalue weighted by atomic mass is 31.2. The van der Waals surface area contributed by atoms with E-state index in [1.807, 2.05) is 6.08 Å². The highest BCUT2D eigenvalue weighted by molar-refractivity contribution is 7.95. The van der Waals surface area contributed by atoms with Crippen molar-refractivity contribution in [3.8, 4) is 0 Å². The second-order valence-corrected chi connectivity index (χ2v) is 10.4. The minimum Gasteiger partial charge on any atom is -0.0985 e. The zero-order valence-electron chi connectivity index (χ0n) is 15.9. The number of hydrogen-bond acceptors (Lipinski definition) is 0. The van der Waals surface area contributed by atoms with Crippen LogP contribution in [0.5, 0.6) is 0 Å². The molecule has 0 fully saturated rings. The molecule has 0 bridgehead atoms. The molecule has 0 spiro atoms. The Hall–Kier alpha value is -2.95. The minimum absolute atomic E-state index is 1.00. The third kappa shape index (κ3) is 3.57. The fourth-order valence-corrected chi connectivity index (χ4v) is 8.05. The van der Waals surface area contributed by atoms with E-state index in [9.17, 15) is 0 Å². The third-order valence-corrected chi connectivity index (χ3v) is 9.60. The van der Waals surface area contributed by atoms with Gasteiger partial charge in [0.2, 0.25) is 0 Å². The molecule has 0 aliphatic carbocycles. The Kier molecular flexibility index (Phi) is 5.51. The Morgan fingerprint density at radius 3 is 1.29 bits per heavy atom. The summed E-state index contributed by atoms with van der Waals surface area (Å²) in [5, 5.41) is 4.25. The van der Waals surface area contributed by atoms with E-state index in [0.717, 1.165) is 11.7 Å². The van der Waals surface area contributed by atoms with Crippen molar-refractivity contribution >= 4 is 29.3 Å². The van der Waals surface area contributed by atoms with Gasteiger partial charge in [-0.1, -0.05) is 91.5 Å². The van der Waals surface area contributed by atoms with Gasteiger partial charge in [-0.2, -0.15) is 0 Å². The number of benzene rings is 4. The maximum atomic E-state index is 3.88. The first kappa shape index (κ1) is 18.4. The molecule has 0 aromatic heterocycles. The fourth-order valence-electron chi connectivity index (χ4n) is 3.80. The van der Waals surface area contributed by atoms with Gasteiger partial charge in [0, 0.05) is 0 Å². The van der Waals surface area contributed by atoms with E-state index < -0.39 is 7.26 Å². The van der Waals surface area contributed by atoms with E-state index in [0.29, 0.717) is 0 Å². The van der Waals surface area contributed by atoms with Crippen LogP contribution in [0.4, 0.5) is 0 Å². The van der Waals surface area contributed by atoms with Crippen molar-refractivity contribution in [3.63, 3.8) is 0 Å². The first-order chi connectivity index (χ1) is 13.8. The number of hydrogen-bond donors (Lipinski definition) is 0. The average Bonchev–Trinajstić information content (AvgIpc) is 2.80. The largest absolute Gasteiger partial charge is 0.116 e. The smallest absolute Gasteiger partial charge is 0.0985 e. The van der Waals surface area contributed by atoms with Crippen molar-refractivity contribution in [2.24, 2.45) is 0 Å². The highest BCUT2D eigenvalue weighted by Gasteiger charge is 2.45. The van der Waals surface area contributed by atoms with Gasteiger partial charge in [0.25, 0.3) is 0 Å². The lowest BCUT2D eigenvalue weighted by Gasteiger charge is -2.27. The summed E-state index contributed by atoms with van der Waals surface area (Å²) in [5.41, 5.74) is 2.52. The molecule has 0 saturated carbocycles. The van der Waals surface area contributed by atoms with Crippen LogP contribution in [0.2, 0.25) is 0 Å².